The van der Waals surface area contributed by atoms with Gasteiger partial charge in [0.1, 0.15) is 5.52 Å². The van der Waals surface area contributed by atoms with Crippen molar-refractivity contribution in [1.82, 2.24) is 14.5 Å². The lowest BCUT2D eigenvalue weighted by atomic mass is 10.2. The van der Waals surface area contributed by atoms with E-state index in [4.69, 9.17) is 5.73 Å². The molecule has 2 N–H and O–H groups in total. The predicted octanol–water partition coefficient (Wildman–Crippen LogP) is 3.07. The van der Waals surface area contributed by atoms with Crippen LogP contribution >= 0.6 is 15.9 Å². The molecule has 0 bridgehead atoms. The van der Waals surface area contributed by atoms with Crippen molar-refractivity contribution in [2.24, 2.45) is 0 Å². The number of imidazole rings is 1. The molecule has 0 radical (unpaired) electrons. The van der Waals surface area contributed by atoms with Crippen molar-refractivity contribution in [2.45, 2.75) is 6.92 Å². The molecule has 0 unspecified atom stereocenters. The molecular formula is C13H11BrN4. The lowest BCUT2D eigenvalue weighted by Crippen LogP contribution is -2.02. The number of nitrogens with two attached hydrogens (primary N) is 1. The second-order valence-corrected chi connectivity index (χ2v) is 5.00. The summed E-state index contributed by atoms with van der Waals surface area (Å²) in [6, 6.07) is 9.94. The number of hydrogen-bond acceptors (Lipinski definition) is 3. The van der Waals surface area contributed by atoms with Crippen LogP contribution in [0, 0.1) is 6.92 Å². The number of halogens is 1. The number of para-hydroxylation sites is 1. The molecule has 0 aliphatic carbocycles. The van der Waals surface area contributed by atoms with E-state index in [1.807, 2.05) is 41.8 Å². The standard InChI is InChI=1S/C13H11BrN4/c1-8-4-2-3-5-11(8)18-12-10(17-13(18)15)6-9(14)7-16-12/h2-7H,1H3,(H2,15,17). The summed E-state index contributed by atoms with van der Waals surface area (Å²) in [6.07, 6.45) is 1.75. The molecule has 2 heterocycles. The highest BCUT2D eigenvalue weighted by Gasteiger charge is 2.12. The highest BCUT2D eigenvalue weighted by molar-refractivity contribution is 9.10. The number of anilines is 1. The van der Waals surface area contributed by atoms with E-state index in [1.165, 1.54) is 0 Å². The Bertz CT molecular complexity index is 733. The van der Waals surface area contributed by atoms with E-state index in [2.05, 4.69) is 25.9 Å². The van der Waals surface area contributed by atoms with Crippen LogP contribution in [0.4, 0.5) is 5.95 Å². The normalized spacial score (nSPS) is 11.0. The van der Waals surface area contributed by atoms with Crippen LogP contribution in [0.1, 0.15) is 5.56 Å². The predicted molar refractivity (Wildman–Crippen MR) is 75.7 cm³/mol. The SMILES string of the molecule is Cc1ccccc1-n1c(N)nc2cc(Br)cnc21. The quantitative estimate of drug-likeness (QED) is 0.751. The van der Waals surface area contributed by atoms with Gasteiger partial charge in [-0.1, -0.05) is 18.2 Å². The van der Waals surface area contributed by atoms with Crippen molar-refractivity contribution >= 4 is 33.0 Å². The first-order valence-electron chi connectivity index (χ1n) is 5.52. The van der Waals surface area contributed by atoms with Crippen LogP contribution in [0.5, 0.6) is 0 Å². The number of aryl methyl sites for hydroxylation is 1. The van der Waals surface area contributed by atoms with Crippen LogP contribution in [-0.4, -0.2) is 14.5 Å². The maximum absolute atomic E-state index is 6.00. The van der Waals surface area contributed by atoms with E-state index >= 15 is 0 Å². The Hall–Kier alpha value is -1.88. The number of fused-ring (bicyclic) bond motifs is 1. The highest BCUT2D eigenvalue weighted by Crippen LogP contribution is 2.25. The van der Waals surface area contributed by atoms with E-state index in [9.17, 15) is 0 Å². The first-order valence-corrected chi connectivity index (χ1v) is 6.31. The molecular weight excluding hydrogens is 292 g/mol. The van der Waals surface area contributed by atoms with Crippen LogP contribution < -0.4 is 5.73 Å². The van der Waals surface area contributed by atoms with Crippen LogP contribution in [0.2, 0.25) is 0 Å². The summed E-state index contributed by atoms with van der Waals surface area (Å²) in [5.74, 6) is 0.449. The van der Waals surface area contributed by atoms with Gasteiger partial charge in [0.2, 0.25) is 5.95 Å². The Morgan fingerprint density at radius 3 is 2.83 bits per heavy atom. The lowest BCUT2D eigenvalue weighted by molar-refractivity contribution is 1.07. The van der Waals surface area contributed by atoms with E-state index in [0.717, 1.165) is 26.9 Å². The smallest absolute Gasteiger partial charge is 0.207 e. The topological polar surface area (TPSA) is 56.7 Å². The zero-order valence-electron chi connectivity index (χ0n) is 9.76. The molecule has 0 fully saturated rings. The van der Waals surface area contributed by atoms with E-state index in [-0.39, 0.29) is 0 Å². The fourth-order valence-corrected chi connectivity index (χ4v) is 2.33. The number of hydrogen-bond donors (Lipinski definition) is 1. The lowest BCUT2D eigenvalue weighted by Gasteiger charge is -2.08. The first-order chi connectivity index (χ1) is 8.66. The second-order valence-electron chi connectivity index (χ2n) is 4.09. The third kappa shape index (κ3) is 1.67. The van der Waals surface area contributed by atoms with Gasteiger partial charge in [-0.15, -0.1) is 0 Å². The molecule has 0 saturated carbocycles. The number of nitrogens with zero attached hydrogens (tertiary/aromatic N) is 3. The Labute approximate surface area is 113 Å². The summed E-state index contributed by atoms with van der Waals surface area (Å²) in [4.78, 5) is 8.73. The zero-order chi connectivity index (χ0) is 12.7. The van der Waals surface area contributed by atoms with Gasteiger partial charge < -0.3 is 5.73 Å². The number of aromatic nitrogens is 3. The molecule has 18 heavy (non-hydrogen) atoms. The minimum Gasteiger partial charge on any atom is -0.369 e. The molecule has 0 atom stereocenters. The summed E-state index contributed by atoms with van der Waals surface area (Å²) in [5, 5.41) is 0. The summed E-state index contributed by atoms with van der Waals surface area (Å²) in [7, 11) is 0. The Morgan fingerprint density at radius 2 is 2.06 bits per heavy atom. The van der Waals surface area contributed by atoms with Crippen LogP contribution in [0.3, 0.4) is 0 Å². The third-order valence-electron chi connectivity index (χ3n) is 2.85. The highest BCUT2D eigenvalue weighted by atomic mass is 79.9. The first kappa shape index (κ1) is 11.2. The molecule has 0 amide bonds. The van der Waals surface area contributed by atoms with Crippen LogP contribution in [0.25, 0.3) is 16.9 Å². The number of pyridine rings is 1. The summed E-state index contributed by atoms with van der Waals surface area (Å²) >= 11 is 3.38. The second kappa shape index (κ2) is 4.10. The molecule has 1 aromatic carbocycles. The average Bonchev–Trinajstić information content (AvgIpc) is 2.65. The van der Waals surface area contributed by atoms with Gasteiger partial charge in [0.15, 0.2) is 5.65 Å². The molecule has 3 aromatic rings. The van der Waals surface area contributed by atoms with Crippen molar-refractivity contribution in [3.8, 4) is 5.69 Å². The van der Waals surface area contributed by atoms with Crippen molar-refractivity contribution in [3.05, 3.63) is 46.6 Å². The largest absolute Gasteiger partial charge is 0.369 e. The summed E-state index contributed by atoms with van der Waals surface area (Å²) in [6.45, 7) is 2.04. The van der Waals surface area contributed by atoms with Gasteiger partial charge >= 0.3 is 0 Å². The molecule has 3 rings (SSSR count). The van der Waals surface area contributed by atoms with Gasteiger partial charge in [-0.25, -0.2) is 9.97 Å². The summed E-state index contributed by atoms with van der Waals surface area (Å²) < 4.78 is 2.77. The Morgan fingerprint density at radius 1 is 1.28 bits per heavy atom. The van der Waals surface area contributed by atoms with Crippen LogP contribution in [0.15, 0.2) is 41.0 Å². The summed E-state index contributed by atoms with van der Waals surface area (Å²) in [5.41, 5.74) is 9.69. The molecule has 4 nitrogen and oxygen atoms in total. The monoisotopic (exact) mass is 302 g/mol. The molecule has 0 saturated heterocycles. The number of benzene rings is 1. The molecule has 0 aliphatic rings. The minimum atomic E-state index is 0.449. The molecule has 2 aromatic heterocycles. The molecule has 0 aliphatic heterocycles. The van der Waals surface area contributed by atoms with Gasteiger partial charge in [0.25, 0.3) is 0 Å². The maximum Gasteiger partial charge on any atom is 0.207 e. The van der Waals surface area contributed by atoms with E-state index in [1.54, 1.807) is 6.20 Å². The fourth-order valence-electron chi connectivity index (χ4n) is 2.01. The van der Waals surface area contributed by atoms with Crippen molar-refractivity contribution in [3.63, 3.8) is 0 Å². The molecule has 5 heteroatoms. The molecule has 90 valence electrons. The van der Waals surface area contributed by atoms with E-state index < -0.39 is 0 Å². The number of rotatable bonds is 1. The zero-order valence-corrected chi connectivity index (χ0v) is 11.3. The van der Waals surface area contributed by atoms with Crippen molar-refractivity contribution < 1.29 is 0 Å². The minimum absolute atomic E-state index is 0.449. The van der Waals surface area contributed by atoms with Crippen molar-refractivity contribution in [1.29, 1.82) is 0 Å². The van der Waals surface area contributed by atoms with Gasteiger partial charge in [0, 0.05) is 10.7 Å². The van der Waals surface area contributed by atoms with Gasteiger partial charge in [0.05, 0.1) is 5.69 Å². The Kier molecular flexibility index (Phi) is 2.56. The van der Waals surface area contributed by atoms with Gasteiger partial charge in [-0.3, -0.25) is 4.57 Å². The van der Waals surface area contributed by atoms with Crippen LogP contribution in [-0.2, 0) is 0 Å². The Balaban J connectivity index is 2.36. The van der Waals surface area contributed by atoms with Gasteiger partial charge in [-0.2, -0.15) is 0 Å². The number of nitrogen functional groups attached to an aromatic ring is 1. The van der Waals surface area contributed by atoms with Crippen molar-refractivity contribution in [2.75, 3.05) is 5.73 Å². The fraction of sp³-hybridized carbons (Fsp3) is 0.0769. The maximum atomic E-state index is 6.00. The van der Waals surface area contributed by atoms with E-state index in [0.29, 0.717) is 5.95 Å². The third-order valence-corrected chi connectivity index (χ3v) is 3.28. The average molecular weight is 303 g/mol. The molecule has 0 spiro atoms. The van der Waals surface area contributed by atoms with Gasteiger partial charge in [-0.05, 0) is 40.5 Å².